The Morgan fingerprint density at radius 2 is 1.96 bits per heavy atom. The summed E-state index contributed by atoms with van der Waals surface area (Å²) >= 11 is 0. The zero-order chi connectivity index (χ0) is 16.9. The van der Waals surface area contributed by atoms with Crippen LogP contribution in [0, 0.1) is 11.8 Å². The molecule has 3 unspecified atom stereocenters. The van der Waals surface area contributed by atoms with Crippen LogP contribution in [0.15, 0.2) is 12.2 Å². The van der Waals surface area contributed by atoms with E-state index in [1.54, 1.807) is 6.08 Å². The van der Waals surface area contributed by atoms with Crippen molar-refractivity contribution in [2.45, 2.75) is 51.4 Å². The van der Waals surface area contributed by atoms with Crippen LogP contribution < -0.4 is 5.32 Å². The number of alkyl halides is 3. The molecule has 23 heavy (non-hydrogen) atoms. The van der Waals surface area contributed by atoms with Crippen LogP contribution in [-0.4, -0.2) is 50.0 Å². The molecule has 1 N–H and O–H groups in total. The topological polar surface area (TPSA) is 33.7 Å². The van der Waals surface area contributed by atoms with Crippen molar-refractivity contribution in [3.8, 4) is 0 Å². The zero-order valence-electron chi connectivity index (χ0n) is 13.8. The molecule has 0 saturated carbocycles. The SMILES string of the molecule is CC(C)C1CCOCNCOCN1C1C=CCC(C(F)(F)F)C1. The lowest BCUT2D eigenvalue weighted by Gasteiger charge is -2.41. The summed E-state index contributed by atoms with van der Waals surface area (Å²) in [6.45, 7) is 5.87. The van der Waals surface area contributed by atoms with E-state index in [2.05, 4.69) is 24.1 Å². The van der Waals surface area contributed by atoms with E-state index in [9.17, 15) is 13.2 Å². The van der Waals surface area contributed by atoms with Gasteiger partial charge >= 0.3 is 6.18 Å². The first-order valence-corrected chi connectivity index (χ1v) is 8.25. The van der Waals surface area contributed by atoms with Crippen LogP contribution in [0.25, 0.3) is 0 Å². The van der Waals surface area contributed by atoms with Crippen LogP contribution in [-0.2, 0) is 9.47 Å². The highest BCUT2D eigenvalue weighted by molar-refractivity contribution is 5.03. The number of hydrogen-bond donors (Lipinski definition) is 1. The molecule has 1 heterocycles. The fraction of sp³-hybridized carbons (Fsp3) is 0.875. The highest BCUT2D eigenvalue weighted by Gasteiger charge is 2.42. The summed E-state index contributed by atoms with van der Waals surface area (Å²) in [4.78, 5) is 2.06. The molecule has 0 spiro atoms. The number of nitrogens with zero attached hydrogens (tertiary/aromatic N) is 1. The molecule has 1 saturated heterocycles. The largest absolute Gasteiger partial charge is 0.392 e. The molecule has 1 aliphatic carbocycles. The number of halogens is 3. The molecular weight excluding hydrogens is 309 g/mol. The number of allylic oxidation sites excluding steroid dienone is 1. The van der Waals surface area contributed by atoms with E-state index in [1.165, 1.54) is 0 Å². The van der Waals surface area contributed by atoms with E-state index in [0.29, 0.717) is 32.7 Å². The summed E-state index contributed by atoms with van der Waals surface area (Å²) in [5.41, 5.74) is 0. The van der Waals surface area contributed by atoms with Crippen molar-refractivity contribution in [2.24, 2.45) is 11.8 Å². The Kier molecular flexibility index (Phi) is 6.88. The van der Waals surface area contributed by atoms with Gasteiger partial charge in [-0.3, -0.25) is 10.2 Å². The average Bonchev–Trinajstić information content (AvgIpc) is 2.51. The molecule has 2 rings (SSSR count). The molecule has 0 radical (unpaired) electrons. The fourth-order valence-electron chi connectivity index (χ4n) is 3.31. The van der Waals surface area contributed by atoms with Gasteiger partial charge in [-0.25, -0.2) is 0 Å². The van der Waals surface area contributed by atoms with Crippen LogP contribution >= 0.6 is 0 Å². The minimum Gasteiger partial charge on any atom is -0.366 e. The van der Waals surface area contributed by atoms with Gasteiger partial charge in [0.1, 0.15) is 13.5 Å². The lowest BCUT2D eigenvalue weighted by molar-refractivity contribution is -0.181. The van der Waals surface area contributed by atoms with Crippen molar-refractivity contribution < 1.29 is 22.6 Å². The monoisotopic (exact) mass is 336 g/mol. The molecule has 0 amide bonds. The van der Waals surface area contributed by atoms with Crippen molar-refractivity contribution in [3.63, 3.8) is 0 Å². The number of ether oxygens (including phenoxy) is 2. The molecule has 0 aromatic rings. The summed E-state index contributed by atoms with van der Waals surface area (Å²) in [5, 5.41) is 2.99. The molecule has 0 aromatic heterocycles. The molecule has 1 fully saturated rings. The standard InChI is InChI=1S/C16H27F3N2O2/c1-12(2)15-6-7-22-9-20-10-23-11-21(15)14-5-3-4-13(8-14)16(17,18)19/h3,5,12-15,20H,4,6-11H2,1-2H3. The highest BCUT2D eigenvalue weighted by Crippen LogP contribution is 2.37. The van der Waals surface area contributed by atoms with Crippen LogP contribution in [0.4, 0.5) is 13.2 Å². The van der Waals surface area contributed by atoms with Gasteiger partial charge in [-0.2, -0.15) is 13.2 Å². The van der Waals surface area contributed by atoms with Gasteiger partial charge in [0.15, 0.2) is 0 Å². The van der Waals surface area contributed by atoms with E-state index in [4.69, 9.17) is 9.47 Å². The second-order valence-electron chi connectivity index (χ2n) is 6.60. The van der Waals surface area contributed by atoms with Gasteiger partial charge in [0.25, 0.3) is 0 Å². The lowest BCUT2D eigenvalue weighted by atomic mass is 9.87. The smallest absolute Gasteiger partial charge is 0.366 e. The third-order valence-electron chi connectivity index (χ3n) is 4.60. The summed E-state index contributed by atoms with van der Waals surface area (Å²) in [6.07, 6.45) is 0.383. The van der Waals surface area contributed by atoms with Gasteiger partial charge < -0.3 is 9.47 Å². The third kappa shape index (κ3) is 5.45. The molecule has 3 atom stereocenters. The summed E-state index contributed by atoms with van der Waals surface area (Å²) < 4.78 is 50.3. The van der Waals surface area contributed by atoms with E-state index in [1.807, 2.05) is 6.08 Å². The first-order valence-electron chi connectivity index (χ1n) is 8.25. The Balaban J connectivity index is 2.12. The molecular formula is C16H27F3N2O2. The molecule has 0 bridgehead atoms. The van der Waals surface area contributed by atoms with E-state index in [0.717, 1.165) is 6.42 Å². The Bertz CT molecular complexity index is 388. The van der Waals surface area contributed by atoms with Crippen molar-refractivity contribution in [2.75, 3.05) is 26.8 Å². The maximum Gasteiger partial charge on any atom is 0.392 e. The predicted molar refractivity (Wildman–Crippen MR) is 81.6 cm³/mol. The van der Waals surface area contributed by atoms with Crippen molar-refractivity contribution in [1.82, 2.24) is 10.2 Å². The van der Waals surface area contributed by atoms with Gasteiger partial charge in [0.2, 0.25) is 0 Å². The predicted octanol–water partition coefficient (Wildman–Crippen LogP) is 3.11. The van der Waals surface area contributed by atoms with E-state index < -0.39 is 12.1 Å². The second kappa shape index (κ2) is 8.46. The van der Waals surface area contributed by atoms with Crippen LogP contribution in [0.1, 0.15) is 33.1 Å². The summed E-state index contributed by atoms with van der Waals surface area (Å²) in [6, 6.07) is -0.114. The highest BCUT2D eigenvalue weighted by atomic mass is 19.4. The van der Waals surface area contributed by atoms with Gasteiger partial charge in [0, 0.05) is 18.7 Å². The van der Waals surface area contributed by atoms with Gasteiger partial charge in [-0.15, -0.1) is 0 Å². The summed E-state index contributed by atoms with van der Waals surface area (Å²) in [5.74, 6) is -0.954. The van der Waals surface area contributed by atoms with Crippen LogP contribution in [0.5, 0.6) is 0 Å². The van der Waals surface area contributed by atoms with Crippen molar-refractivity contribution in [3.05, 3.63) is 12.2 Å². The normalized spacial score (nSPS) is 32.2. The fourth-order valence-corrected chi connectivity index (χ4v) is 3.31. The van der Waals surface area contributed by atoms with Crippen molar-refractivity contribution in [1.29, 1.82) is 0 Å². The minimum atomic E-state index is -4.14. The van der Waals surface area contributed by atoms with Gasteiger partial charge in [-0.1, -0.05) is 26.0 Å². The average molecular weight is 336 g/mol. The van der Waals surface area contributed by atoms with E-state index >= 15 is 0 Å². The Morgan fingerprint density at radius 1 is 1.22 bits per heavy atom. The lowest BCUT2D eigenvalue weighted by Crippen LogP contribution is -2.50. The van der Waals surface area contributed by atoms with Gasteiger partial charge in [0.05, 0.1) is 12.6 Å². The Hall–Kier alpha value is -0.630. The number of rotatable bonds is 2. The maximum absolute atomic E-state index is 13.1. The Morgan fingerprint density at radius 3 is 2.65 bits per heavy atom. The second-order valence-corrected chi connectivity index (χ2v) is 6.60. The molecule has 1 aliphatic heterocycles. The first kappa shape index (κ1) is 18.7. The summed E-state index contributed by atoms with van der Waals surface area (Å²) in [7, 11) is 0. The molecule has 0 aromatic carbocycles. The van der Waals surface area contributed by atoms with Gasteiger partial charge in [-0.05, 0) is 25.2 Å². The van der Waals surface area contributed by atoms with E-state index in [-0.39, 0.29) is 24.9 Å². The molecule has 134 valence electrons. The maximum atomic E-state index is 13.1. The zero-order valence-corrected chi connectivity index (χ0v) is 13.8. The molecule has 2 aliphatic rings. The van der Waals surface area contributed by atoms with Crippen molar-refractivity contribution >= 4 is 0 Å². The quantitative estimate of drug-likeness (QED) is 0.786. The van der Waals surface area contributed by atoms with Crippen LogP contribution in [0.3, 0.4) is 0 Å². The number of hydrogen-bond acceptors (Lipinski definition) is 4. The third-order valence-corrected chi connectivity index (χ3v) is 4.60. The molecule has 7 heteroatoms. The molecule has 4 nitrogen and oxygen atoms in total. The van der Waals surface area contributed by atoms with Crippen LogP contribution in [0.2, 0.25) is 0 Å². The Labute approximate surface area is 136 Å². The minimum absolute atomic E-state index is 0.0751. The first-order chi connectivity index (χ1) is 10.9. The number of nitrogens with one attached hydrogen (secondary N) is 1.